The molecule has 0 radical (unpaired) electrons. The molecule has 0 aliphatic carbocycles. The molecule has 0 aromatic carbocycles. The molecule has 0 N–H and O–H groups in total. The first kappa shape index (κ1) is 9.22. The molecule has 0 spiro atoms. The second-order valence-corrected chi connectivity index (χ2v) is 3.59. The van der Waals surface area contributed by atoms with Gasteiger partial charge in [0.05, 0.1) is 5.69 Å². The number of anilines is 1. The molecule has 72 valence electrons. The van der Waals surface area contributed by atoms with E-state index in [4.69, 9.17) is 16.9 Å². The molecule has 0 amide bonds. The zero-order chi connectivity index (χ0) is 9.97. The Morgan fingerprint density at radius 1 is 1.36 bits per heavy atom. The third kappa shape index (κ3) is 1.64. The molecule has 4 nitrogen and oxygen atoms in total. The molecule has 1 aromatic rings. The summed E-state index contributed by atoms with van der Waals surface area (Å²) in [5, 5.41) is 16.6. The average Bonchev–Trinajstić information content (AvgIpc) is 2.70. The van der Waals surface area contributed by atoms with E-state index >= 15 is 0 Å². The zero-order valence-corrected chi connectivity index (χ0v) is 8.33. The van der Waals surface area contributed by atoms with Gasteiger partial charge in [-0.1, -0.05) is 11.6 Å². The lowest BCUT2D eigenvalue weighted by Crippen LogP contribution is -2.19. The molecule has 1 aliphatic heterocycles. The van der Waals surface area contributed by atoms with Gasteiger partial charge in [0.1, 0.15) is 6.07 Å². The molecule has 0 bridgehead atoms. The van der Waals surface area contributed by atoms with Crippen LogP contribution in [0.3, 0.4) is 0 Å². The lowest BCUT2D eigenvalue weighted by atomic mass is 10.3. The molecular weight excluding hydrogens is 200 g/mol. The summed E-state index contributed by atoms with van der Waals surface area (Å²) < 4.78 is 0. The monoisotopic (exact) mass is 208 g/mol. The van der Waals surface area contributed by atoms with Crippen molar-refractivity contribution in [2.75, 3.05) is 18.0 Å². The van der Waals surface area contributed by atoms with Crippen molar-refractivity contribution in [1.82, 2.24) is 10.2 Å². The van der Waals surface area contributed by atoms with E-state index in [0.29, 0.717) is 10.8 Å². The standard InChI is InChI=1S/C9H9ClN4/c10-9-5-8(7(6-11)12-13-9)14-3-1-2-4-14/h5H,1-4H2. The molecule has 5 heteroatoms. The van der Waals surface area contributed by atoms with Crippen molar-refractivity contribution >= 4 is 17.3 Å². The SMILES string of the molecule is N#Cc1nnc(Cl)cc1N1CCCC1. The Morgan fingerprint density at radius 3 is 2.71 bits per heavy atom. The third-order valence-electron chi connectivity index (χ3n) is 2.30. The predicted octanol–water partition coefficient (Wildman–Crippen LogP) is 1.60. The van der Waals surface area contributed by atoms with Crippen LogP contribution in [0.2, 0.25) is 5.15 Å². The summed E-state index contributed by atoms with van der Waals surface area (Å²) in [5.41, 5.74) is 1.17. The van der Waals surface area contributed by atoms with Crippen molar-refractivity contribution in [3.8, 4) is 6.07 Å². The van der Waals surface area contributed by atoms with E-state index in [1.165, 1.54) is 0 Å². The van der Waals surface area contributed by atoms with Gasteiger partial charge in [0.25, 0.3) is 0 Å². The van der Waals surface area contributed by atoms with Gasteiger partial charge in [-0.15, -0.1) is 10.2 Å². The zero-order valence-electron chi connectivity index (χ0n) is 7.57. The minimum Gasteiger partial charge on any atom is -0.369 e. The highest BCUT2D eigenvalue weighted by Gasteiger charge is 2.17. The van der Waals surface area contributed by atoms with Crippen molar-refractivity contribution < 1.29 is 0 Å². The molecule has 0 saturated carbocycles. The summed E-state index contributed by atoms with van der Waals surface area (Å²) in [6, 6.07) is 3.73. The molecule has 1 aliphatic rings. The summed E-state index contributed by atoms with van der Waals surface area (Å²) in [7, 11) is 0. The van der Waals surface area contributed by atoms with Crippen LogP contribution in [0.5, 0.6) is 0 Å². The maximum Gasteiger partial charge on any atom is 0.186 e. The van der Waals surface area contributed by atoms with Gasteiger partial charge in [-0.2, -0.15) is 5.26 Å². The van der Waals surface area contributed by atoms with Gasteiger partial charge in [0.2, 0.25) is 0 Å². The van der Waals surface area contributed by atoms with E-state index in [1.54, 1.807) is 6.07 Å². The van der Waals surface area contributed by atoms with Crippen LogP contribution in [0.1, 0.15) is 18.5 Å². The molecule has 1 fully saturated rings. The Labute approximate surface area is 87.1 Å². The van der Waals surface area contributed by atoms with Crippen LogP contribution in [-0.2, 0) is 0 Å². The van der Waals surface area contributed by atoms with E-state index in [1.807, 2.05) is 6.07 Å². The fourth-order valence-electron chi connectivity index (χ4n) is 1.64. The molecule has 2 rings (SSSR count). The first-order valence-corrected chi connectivity index (χ1v) is 4.87. The van der Waals surface area contributed by atoms with Gasteiger partial charge in [-0.3, -0.25) is 0 Å². The van der Waals surface area contributed by atoms with Crippen molar-refractivity contribution in [3.05, 3.63) is 16.9 Å². The number of aromatic nitrogens is 2. The lowest BCUT2D eigenvalue weighted by molar-refractivity contribution is 0.926. The van der Waals surface area contributed by atoms with E-state index in [0.717, 1.165) is 31.6 Å². The lowest BCUT2D eigenvalue weighted by Gasteiger charge is -2.17. The van der Waals surface area contributed by atoms with Crippen LogP contribution in [-0.4, -0.2) is 23.3 Å². The number of halogens is 1. The number of nitriles is 1. The Balaban J connectivity index is 2.39. The Morgan fingerprint density at radius 2 is 2.07 bits per heavy atom. The maximum absolute atomic E-state index is 8.85. The van der Waals surface area contributed by atoms with Gasteiger partial charge in [-0.25, -0.2) is 0 Å². The van der Waals surface area contributed by atoms with Crippen LogP contribution in [0.25, 0.3) is 0 Å². The van der Waals surface area contributed by atoms with Crippen LogP contribution in [0.4, 0.5) is 5.69 Å². The van der Waals surface area contributed by atoms with Gasteiger partial charge >= 0.3 is 0 Å². The van der Waals surface area contributed by atoms with E-state index in [-0.39, 0.29) is 0 Å². The number of nitrogens with zero attached hydrogens (tertiary/aromatic N) is 4. The summed E-state index contributed by atoms with van der Waals surface area (Å²) in [4.78, 5) is 2.12. The van der Waals surface area contributed by atoms with Crippen LogP contribution >= 0.6 is 11.6 Å². The van der Waals surface area contributed by atoms with Crippen molar-refractivity contribution in [2.24, 2.45) is 0 Å². The second kappa shape index (κ2) is 3.81. The molecule has 1 saturated heterocycles. The van der Waals surface area contributed by atoms with Crippen molar-refractivity contribution in [3.63, 3.8) is 0 Å². The Hall–Kier alpha value is -1.34. The molecule has 1 aromatic heterocycles. The van der Waals surface area contributed by atoms with Gasteiger partial charge in [-0.05, 0) is 12.8 Å². The molecule has 14 heavy (non-hydrogen) atoms. The summed E-state index contributed by atoms with van der Waals surface area (Å²) in [6.45, 7) is 1.94. The van der Waals surface area contributed by atoms with Crippen LogP contribution < -0.4 is 4.90 Å². The van der Waals surface area contributed by atoms with E-state index < -0.39 is 0 Å². The van der Waals surface area contributed by atoms with Crippen molar-refractivity contribution in [2.45, 2.75) is 12.8 Å². The van der Waals surface area contributed by atoms with Crippen LogP contribution in [0, 0.1) is 11.3 Å². The van der Waals surface area contributed by atoms with Gasteiger partial charge < -0.3 is 4.90 Å². The quantitative estimate of drug-likeness (QED) is 0.704. The van der Waals surface area contributed by atoms with E-state index in [2.05, 4.69) is 15.1 Å². The molecule has 2 heterocycles. The Kier molecular flexibility index (Phi) is 2.51. The maximum atomic E-state index is 8.85. The summed E-state index contributed by atoms with van der Waals surface area (Å²) in [6.07, 6.45) is 2.32. The van der Waals surface area contributed by atoms with E-state index in [9.17, 15) is 0 Å². The summed E-state index contributed by atoms with van der Waals surface area (Å²) >= 11 is 5.74. The first-order chi connectivity index (χ1) is 6.81. The highest BCUT2D eigenvalue weighted by atomic mass is 35.5. The highest BCUT2D eigenvalue weighted by Crippen LogP contribution is 2.24. The van der Waals surface area contributed by atoms with Crippen LogP contribution in [0.15, 0.2) is 6.07 Å². The minimum atomic E-state index is 0.339. The number of hydrogen-bond donors (Lipinski definition) is 0. The highest BCUT2D eigenvalue weighted by molar-refractivity contribution is 6.29. The Bertz CT molecular complexity index is 379. The number of hydrogen-bond acceptors (Lipinski definition) is 4. The second-order valence-electron chi connectivity index (χ2n) is 3.21. The first-order valence-electron chi connectivity index (χ1n) is 4.49. The normalized spacial score (nSPS) is 15.6. The largest absolute Gasteiger partial charge is 0.369 e. The number of rotatable bonds is 1. The van der Waals surface area contributed by atoms with Crippen molar-refractivity contribution in [1.29, 1.82) is 5.26 Å². The smallest absolute Gasteiger partial charge is 0.186 e. The van der Waals surface area contributed by atoms with Gasteiger partial charge in [0.15, 0.2) is 10.8 Å². The fourth-order valence-corrected chi connectivity index (χ4v) is 1.78. The van der Waals surface area contributed by atoms with Gasteiger partial charge in [0, 0.05) is 19.2 Å². The molecule has 0 unspecified atom stereocenters. The average molecular weight is 209 g/mol. The topological polar surface area (TPSA) is 52.8 Å². The third-order valence-corrected chi connectivity index (χ3v) is 2.48. The summed E-state index contributed by atoms with van der Waals surface area (Å²) in [5.74, 6) is 0. The fraction of sp³-hybridized carbons (Fsp3) is 0.444. The predicted molar refractivity (Wildman–Crippen MR) is 53.2 cm³/mol. The minimum absolute atomic E-state index is 0.339. The molecule has 0 atom stereocenters. The molecular formula is C9H9ClN4.